The number of nitrogens with zero attached hydrogens (tertiary/aromatic N) is 1. The van der Waals surface area contributed by atoms with Crippen LogP contribution in [0.4, 0.5) is 10.5 Å². The van der Waals surface area contributed by atoms with Crippen molar-refractivity contribution in [3.63, 3.8) is 0 Å². The van der Waals surface area contributed by atoms with Gasteiger partial charge in [0.1, 0.15) is 11.4 Å². The molecule has 5 rings (SSSR count). The van der Waals surface area contributed by atoms with E-state index in [0.29, 0.717) is 17.5 Å². The topological polar surface area (TPSA) is 67.0 Å². The van der Waals surface area contributed by atoms with Crippen molar-refractivity contribution in [1.29, 1.82) is 0 Å². The number of imidazole rings is 1. The summed E-state index contributed by atoms with van der Waals surface area (Å²) in [5, 5.41) is 2.89. The molecule has 5 nitrogen and oxygen atoms in total. The van der Waals surface area contributed by atoms with Crippen molar-refractivity contribution in [3.8, 4) is 11.1 Å². The Labute approximate surface area is 194 Å². The number of amides is 1. The smallest absolute Gasteiger partial charge is 0.412 e. The molecule has 33 heavy (non-hydrogen) atoms. The van der Waals surface area contributed by atoms with Gasteiger partial charge in [0.05, 0.1) is 16.7 Å². The van der Waals surface area contributed by atoms with Crippen LogP contribution in [0.3, 0.4) is 0 Å². The first-order chi connectivity index (χ1) is 15.8. The van der Waals surface area contributed by atoms with Crippen LogP contribution in [-0.4, -0.2) is 21.7 Å². The van der Waals surface area contributed by atoms with Gasteiger partial charge in [0, 0.05) is 11.5 Å². The standard InChI is InChI=1S/C28H29N3O2/c1-17-9-11-18(12-10-17)21-16-22(21)26-29-24-14-13-19(15-25(24)30-26)20-7-5-6-8-23(20)31-27(32)33-28(2,3)4/h5-15,21-22H,16H2,1-4H3,(H,29,30)(H,31,32). The van der Waals surface area contributed by atoms with Crippen LogP contribution in [0.2, 0.25) is 0 Å². The molecule has 4 aromatic rings. The molecule has 1 heterocycles. The molecule has 1 aliphatic rings. The van der Waals surface area contributed by atoms with Crippen molar-refractivity contribution in [2.75, 3.05) is 5.32 Å². The molecule has 0 aliphatic heterocycles. The maximum absolute atomic E-state index is 12.3. The van der Waals surface area contributed by atoms with Gasteiger partial charge in [-0.05, 0) is 69.4 Å². The minimum Gasteiger partial charge on any atom is -0.444 e. The van der Waals surface area contributed by atoms with Crippen LogP contribution < -0.4 is 5.32 Å². The van der Waals surface area contributed by atoms with E-state index in [1.165, 1.54) is 11.1 Å². The third kappa shape index (κ3) is 4.63. The first kappa shape index (κ1) is 21.3. The van der Waals surface area contributed by atoms with Crippen molar-refractivity contribution < 1.29 is 9.53 Å². The molecule has 2 unspecified atom stereocenters. The number of H-pyrrole nitrogens is 1. The number of aryl methyl sites for hydroxylation is 1. The molecule has 0 radical (unpaired) electrons. The Bertz CT molecular complexity index is 1320. The van der Waals surface area contributed by atoms with Gasteiger partial charge in [-0.25, -0.2) is 9.78 Å². The summed E-state index contributed by atoms with van der Waals surface area (Å²) < 4.78 is 5.43. The summed E-state index contributed by atoms with van der Waals surface area (Å²) in [7, 11) is 0. The molecule has 1 fully saturated rings. The second-order valence-electron chi connectivity index (χ2n) is 9.89. The lowest BCUT2D eigenvalue weighted by Crippen LogP contribution is -2.27. The molecule has 168 valence electrons. The highest BCUT2D eigenvalue weighted by molar-refractivity contribution is 5.93. The predicted octanol–water partition coefficient (Wildman–Crippen LogP) is 7.16. The molecule has 3 aromatic carbocycles. The first-order valence-corrected chi connectivity index (χ1v) is 11.4. The number of nitrogens with one attached hydrogen (secondary N) is 2. The summed E-state index contributed by atoms with van der Waals surface area (Å²) in [6, 6.07) is 22.8. The fourth-order valence-electron chi connectivity index (χ4n) is 4.31. The van der Waals surface area contributed by atoms with Crippen molar-refractivity contribution >= 4 is 22.8 Å². The molecule has 1 saturated carbocycles. The van der Waals surface area contributed by atoms with Crippen LogP contribution in [0.5, 0.6) is 0 Å². The van der Waals surface area contributed by atoms with E-state index < -0.39 is 11.7 Å². The maximum atomic E-state index is 12.3. The Hall–Kier alpha value is -3.60. The summed E-state index contributed by atoms with van der Waals surface area (Å²) in [6.07, 6.45) is 0.661. The van der Waals surface area contributed by atoms with Crippen LogP contribution >= 0.6 is 0 Å². The Morgan fingerprint density at radius 1 is 1.03 bits per heavy atom. The second-order valence-corrected chi connectivity index (χ2v) is 9.89. The van der Waals surface area contributed by atoms with Crippen molar-refractivity contribution in [1.82, 2.24) is 9.97 Å². The van der Waals surface area contributed by atoms with E-state index in [9.17, 15) is 4.79 Å². The van der Waals surface area contributed by atoms with E-state index in [0.717, 1.165) is 34.4 Å². The summed E-state index contributed by atoms with van der Waals surface area (Å²) in [5.74, 6) is 2.02. The van der Waals surface area contributed by atoms with Crippen molar-refractivity contribution in [2.24, 2.45) is 0 Å². The highest BCUT2D eigenvalue weighted by atomic mass is 16.6. The second kappa shape index (κ2) is 8.07. The highest BCUT2D eigenvalue weighted by Gasteiger charge is 2.41. The van der Waals surface area contributed by atoms with Gasteiger partial charge < -0.3 is 9.72 Å². The third-order valence-corrected chi connectivity index (χ3v) is 6.02. The van der Waals surface area contributed by atoms with Gasteiger partial charge in [-0.3, -0.25) is 5.32 Å². The zero-order valence-electron chi connectivity index (χ0n) is 19.5. The maximum Gasteiger partial charge on any atom is 0.412 e. The minimum atomic E-state index is -0.552. The number of hydrogen-bond donors (Lipinski definition) is 2. The molecule has 0 saturated heterocycles. The van der Waals surface area contributed by atoms with Crippen molar-refractivity contribution in [2.45, 2.75) is 51.6 Å². The van der Waals surface area contributed by atoms with E-state index in [4.69, 9.17) is 9.72 Å². The quantitative estimate of drug-likeness (QED) is 0.355. The molecule has 1 aliphatic carbocycles. The lowest BCUT2D eigenvalue weighted by molar-refractivity contribution is 0.0636. The Balaban J connectivity index is 1.39. The van der Waals surface area contributed by atoms with Crippen LogP contribution in [0.15, 0.2) is 66.7 Å². The van der Waals surface area contributed by atoms with E-state index >= 15 is 0 Å². The highest BCUT2D eigenvalue weighted by Crippen LogP contribution is 2.54. The third-order valence-electron chi connectivity index (χ3n) is 6.02. The number of benzene rings is 3. The number of ether oxygens (including phenoxy) is 1. The molecule has 5 heteroatoms. The molecular formula is C28H29N3O2. The first-order valence-electron chi connectivity index (χ1n) is 11.4. The van der Waals surface area contributed by atoms with E-state index in [1.54, 1.807) is 0 Å². The molecule has 0 bridgehead atoms. The van der Waals surface area contributed by atoms with Gasteiger partial charge in [0.2, 0.25) is 0 Å². The van der Waals surface area contributed by atoms with Gasteiger partial charge in [-0.1, -0.05) is 54.1 Å². The van der Waals surface area contributed by atoms with E-state index in [1.807, 2.05) is 57.2 Å². The normalized spacial score (nSPS) is 17.7. The number of carbonyl (C=O) groups is 1. The average Bonchev–Trinajstić information content (AvgIpc) is 3.44. The number of anilines is 1. The number of hydrogen-bond acceptors (Lipinski definition) is 3. The number of para-hydroxylation sites is 1. The summed E-state index contributed by atoms with van der Waals surface area (Å²) in [6.45, 7) is 7.68. The van der Waals surface area contributed by atoms with Crippen LogP contribution in [0.1, 0.15) is 56.0 Å². The Morgan fingerprint density at radius 2 is 1.79 bits per heavy atom. The summed E-state index contributed by atoms with van der Waals surface area (Å²) in [4.78, 5) is 20.7. The fourth-order valence-corrected chi connectivity index (χ4v) is 4.31. The molecule has 1 amide bonds. The average molecular weight is 440 g/mol. The van der Waals surface area contributed by atoms with E-state index in [-0.39, 0.29) is 0 Å². The number of aromatic amines is 1. The predicted molar refractivity (Wildman–Crippen MR) is 133 cm³/mol. The SMILES string of the molecule is Cc1ccc(C2CC2c2nc3ccc(-c4ccccc4NC(=O)OC(C)(C)C)cc3[nH]2)cc1. The van der Waals surface area contributed by atoms with Gasteiger partial charge in [0.25, 0.3) is 0 Å². The molecular weight excluding hydrogens is 410 g/mol. The zero-order chi connectivity index (χ0) is 23.2. The Kier molecular flexibility index (Phi) is 5.20. The monoisotopic (exact) mass is 439 g/mol. The molecule has 2 atom stereocenters. The Morgan fingerprint density at radius 3 is 2.55 bits per heavy atom. The fraction of sp³-hybridized carbons (Fsp3) is 0.286. The molecule has 2 N–H and O–H groups in total. The summed E-state index contributed by atoms with van der Waals surface area (Å²) in [5.41, 5.74) is 6.74. The number of aromatic nitrogens is 2. The number of rotatable bonds is 4. The molecule has 1 aromatic heterocycles. The lowest BCUT2D eigenvalue weighted by Gasteiger charge is -2.20. The zero-order valence-corrected chi connectivity index (χ0v) is 19.5. The van der Waals surface area contributed by atoms with Gasteiger partial charge in [0.15, 0.2) is 0 Å². The van der Waals surface area contributed by atoms with Crippen LogP contribution in [0.25, 0.3) is 22.2 Å². The summed E-state index contributed by atoms with van der Waals surface area (Å²) >= 11 is 0. The largest absolute Gasteiger partial charge is 0.444 e. The number of fused-ring (bicyclic) bond motifs is 1. The van der Waals surface area contributed by atoms with E-state index in [2.05, 4.69) is 47.6 Å². The van der Waals surface area contributed by atoms with Crippen LogP contribution in [0, 0.1) is 6.92 Å². The molecule has 0 spiro atoms. The van der Waals surface area contributed by atoms with Gasteiger partial charge >= 0.3 is 6.09 Å². The van der Waals surface area contributed by atoms with Gasteiger partial charge in [-0.15, -0.1) is 0 Å². The van der Waals surface area contributed by atoms with Crippen LogP contribution in [-0.2, 0) is 4.74 Å². The lowest BCUT2D eigenvalue weighted by atomic mass is 10.0. The number of carbonyl (C=O) groups excluding carboxylic acids is 1. The minimum absolute atomic E-state index is 0.435. The van der Waals surface area contributed by atoms with Crippen molar-refractivity contribution in [3.05, 3.63) is 83.7 Å². The van der Waals surface area contributed by atoms with Gasteiger partial charge in [-0.2, -0.15) is 0 Å².